The summed E-state index contributed by atoms with van der Waals surface area (Å²) in [5, 5.41) is 2.19. The fraction of sp³-hybridized carbons (Fsp3) is 0.375. The first-order valence-electron chi connectivity index (χ1n) is 7.46. The van der Waals surface area contributed by atoms with Crippen molar-refractivity contribution in [3.63, 3.8) is 0 Å². The normalized spacial score (nSPS) is 18.6. The van der Waals surface area contributed by atoms with Gasteiger partial charge in [0.1, 0.15) is 4.90 Å². The van der Waals surface area contributed by atoms with Crippen LogP contribution in [0.1, 0.15) is 17.7 Å². The van der Waals surface area contributed by atoms with E-state index in [0.717, 1.165) is 17.7 Å². The smallest absolute Gasteiger partial charge is 0.244 e. The molecule has 0 bridgehead atoms. The van der Waals surface area contributed by atoms with Crippen molar-refractivity contribution in [1.82, 2.24) is 4.31 Å². The van der Waals surface area contributed by atoms with Gasteiger partial charge in [0.25, 0.3) is 0 Å². The molecule has 23 heavy (non-hydrogen) atoms. The fourth-order valence-corrected chi connectivity index (χ4v) is 5.38. The Morgan fingerprint density at radius 2 is 2.09 bits per heavy atom. The highest BCUT2D eigenvalue weighted by Gasteiger charge is 2.30. The number of ether oxygens (including phenoxy) is 1. The van der Waals surface area contributed by atoms with E-state index in [1.807, 2.05) is 17.5 Å². The van der Waals surface area contributed by atoms with Crippen LogP contribution >= 0.6 is 22.9 Å². The molecule has 1 fully saturated rings. The molecule has 1 aromatic heterocycles. The predicted octanol–water partition coefficient (Wildman–Crippen LogP) is 3.77. The zero-order valence-electron chi connectivity index (χ0n) is 12.5. The third-order valence-electron chi connectivity index (χ3n) is 3.80. The van der Waals surface area contributed by atoms with Gasteiger partial charge in [0.05, 0.1) is 11.1 Å². The minimum absolute atomic E-state index is 0.0489. The van der Waals surface area contributed by atoms with Gasteiger partial charge in [-0.15, -0.1) is 11.3 Å². The molecule has 1 aliphatic heterocycles. The summed E-state index contributed by atoms with van der Waals surface area (Å²) in [5.74, 6) is 0. The van der Waals surface area contributed by atoms with Gasteiger partial charge >= 0.3 is 0 Å². The molecule has 0 amide bonds. The van der Waals surface area contributed by atoms with Crippen molar-refractivity contribution in [3.8, 4) is 0 Å². The second-order valence-electron chi connectivity index (χ2n) is 5.44. The van der Waals surface area contributed by atoms with Crippen LogP contribution in [-0.2, 0) is 21.3 Å². The van der Waals surface area contributed by atoms with E-state index in [1.54, 1.807) is 35.6 Å². The van der Waals surface area contributed by atoms with Crippen molar-refractivity contribution < 1.29 is 13.2 Å². The highest BCUT2D eigenvalue weighted by molar-refractivity contribution is 7.89. The average molecular weight is 372 g/mol. The Bertz CT molecular complexity index is 740. The second-order valence-corrected chi connectivity index (χ2v) is 8.79. The first-order valence-corrected chi connectivity index (χ1v) is 10.2. The zero-order chi connectivity index (χ0) is 16.3. The standard InChI is InChI=1S/C16H18ClNO3S2/c17-15-7-1-2-8-16(15)23(19,20)18(11-13-5-3-9-21-13)12-14-6-4-10-22-14/h1-2,4,6-8,10,13H,3,5,9,11-12H2/t13-/m0/s1. The molecule has 2 heterocycles. The third kappa shape index (κ3) is 3.95. The van der Waals surface area contributed by atoms with Gasteiger partial charge in [-0.05, 0) is 36.4 Å². The summed E-state index contributed by atoms with van der Waals surface area (Å²) in [7, 11) is -3.67. The number of thiophene rings is 1. The van der Waals surface area contributed by atoms with Gasteiger partial charge < -0.3 is 4.74 Å². The summed E-state index contributed by atoms with van der Waals surface area (Å²) >= 11 is 7.66. The van der Waals surface area contributed by atoms with Crippen LogP contribution in [0.15, 0.2) is 46.7 Å². The summed E-state index contributed by atoms with van der Waals surface area (Å²) < 4.78 is 33.2. The zero-order valence-corrected chi connectivity index (χ0v) is 14.9. The van der Waals surface area contributed by atoms with Gasteiger partial charge in [0, 0.05) is 24.6 Å². The Labute approximate surface area is 145 Å². The molecule has 2 aromatic rings. The lowest BCUT2D eigenvalue weighted by molar-refractivity contribution is 0.0927. The Kier molecular flexibility index (Phi) is 5.38. The highest BCUT2D eigenvalue weighted by atomic mass is 35.5. The van der Waals surface area contributed by atoms with Crippen LogP contribution in [0.2, 0.25) is 5.02 Å². The number of halogens is 1. The maximum absolute atomic E-state index is 13.1. The van der Waals surface area contributed by atoms with Crippen LogP contribution in [0.5, 0.6) is 0 Å². The van der Waals surface area contributed by atoms with Crippen LogP contribution in [0.25, 0.3) is 0 Å². The molecule has 1 atom stereocenters. The van der Waals surface area contributed by atoms with E-state index in [-0.39, 0.29) is 16.0 Å². The van der Waals surface area contributed by atoms with Gasteiger partial charge in [0.15, 0.2) is 0 Å². The maximum atomic E-state index is 13.1. The molecule has 3 rings (SSSR count). The lowest BCUT2D eigenvalue weighted by atomic mass is 10.2. The largest absolute Gasteiger partial charge is 0.377 e. The SMILES string of the molecule is O=S(=O)(c1ccccc1Cl)N(Cc1cccs1)C[C@@H]1CCCO1. The van der Waals surface area contributed by atoms with E-state index < -0.39 is 10.0 Å². The molecular weight excluding hydrogens is 354 g/mol. The molecule has 0 radical (unpaired) electrons. The lowest BCUT2D eigenvalue weighted by Gasteiger charge is -2.24. The van der Waals surface area contributed by atoms with Gasteiger partial charge in [-0.3, -0.25) is 0 Å². The third-order valence-corrected chi connectivity index (χ3v) is 6.97. The van der Waals surface area contributed by atoms with Crippen molar-refractivity contribution in [1.29, 1.82) is 0 Å². The molecule has 0 saturated carbocycles. The van der Waals surface area contributed by atoms with E-state index in [0.29, 0.717) is 19.7 Å². The van der Waals surface area contributed by atoms with Crippen molar-refractivity contribution in [2.24, 2.45) is 0 Å². The first-order chi connectivity index (χ1) is 11.1. The monoisotopic (exact) mass is 371 g/mol. The summed E-state index contributed by atoms with van der Waals surface area (Å²) in [6.45, 7) is 1.39. The molecule has 0 spiro atoms. The van der Waals surface area contributed by atoms with Crippen molar-refractivity contribution >= 4 is 33.0 Å². The number of nitrogens with zero attached hydrogens (tertiary/aromatic N) is 1. The molecule has 1 aromatic carbocycles. The molecule has 1 aliphatic rings. The number of hydrogen-bond acceptors (Lipinski definition) is 4. The van der Waals surface area contributed by atoms with E-state index in [1.165, 1.54) is 4.31 Å². The second kappa shape index (κ2) is 7.32. The van der Waals surface area contributed by atoms with Crippen LogP contribution < -0.4 is 0 Å². The Hall–Kier alpha value is -0.920. The predicted molar refractivity (Wildman–Crippen MR) is 92.3 cm³/mol. The minimum atomic E-state index is -3.67. The minimum Gasteiger partial charge on any atom is -0.377 e. The fourth-order valence-electron chi connectivity index (χ4n) is 2.63. The Balaban J connectivity index is 1.90. The van der Waals surface area contributed by atoms with Crippen LogP contribution in [-0.4, -0.2) is 32.0 Å². The lowest BCUT2D eigenvalue weighted by Crippen LogP contribution is -2.36. The highest BCUT2D eigenvalue weighted by Crippen LogP contribution is 2.27. The average Bonchev–Trinajstić information content (AvgIpc) is 3.20. The summed E-state index contributed by atoms with van der Waals surface area (Å²) in [6, 6.07) is 10.4. The molecule has 1 saturated heterocycles. The van der Waals surface area contributed by atoms with Crippen LogP contribution in [0.4, 0.5) is 0 Å². The number of hydrogen-bond donors (Lipinski definition) is 0. The molecular formula is C16H18ClNO3S2. The summed E-state index contributed by atoms with van der Waals surface area (Å²) in [4.78, 5) is 1.15. The van der Waals surface area contributed by atoms with E-state index >= 15 is 0 Å². The molecule has 0 aliphatic carbocycles. The topological polar surface area (TPSA) is 46.6 Å². The number of sulfonamides is 1. The summed E-state index contributed by atoms with van der Waals surface area (Å²) in [6.07, 6.45) is 1.81. The van der Waals surface area contributed by atoms with E-state index in [2.05, 4.69) is 0 Å². The number of benzene rings is 1. The van der Waals surface area contributed by atoms with Crippen molar-refractivity contribution in [3.05, 3.63) is 51.7 Å². The maximum Gasteiger partial charge on any atom is 0.244 e. The van der Waals surface area contributed by atoms with Gasteiger partial charge in [0.2, 0.25) is 10.0 Å². The van der Waals surface area contributed by atoms with Crippen LogP contribution in [0.3, 0.4) is 0 Å². The van der Waals surface area contributed by atoms with E-state index in [9.17, 15) is 8.42 Å². The molecule has 7 heteroatoms. The van der Waals surface area contributed by atoms with Crippen LogP contribution in [0, 0.1) is 0 Å². The molecule has 0 unspecified atom stereocenters. The number of rotatable bonds is 6. The molecule has 124 valence electrons. The molecule has 4 nitrogen and oxygen atoms in total. The van der Waals surface area contributed by atoms with Gasteiger partial charge in [-0.1, -0.05) is 29.8 Å². The van der Waals surface area contributed by atoms with Gasteiger partial charge in [-0.2, -0.15) is 4.31 Å². The Morgan fingerprint density at radius 3 is 2.74 bits per heavy atom. The van der Waals surface area contributed by atoms with E-state index in [4.69, 9.17) is 16.3 Å². The first kappa shape index (κ1) is 16.9. The van der Waals surface area contributed by atoms with Crippen molar-refractivity contribution in [2.45, 2.75) is 30.4 Å². The summed E-state index contributed by atoms with van der Waals surface area (Å²) in [5.41, 5.74) is 0. The van der Waals surface area contributed by atoms with Gasteiger partial charge in [-0.25, -0.2) is 8.42 Å². The molecule has 0 N–H and O–H groups in total. The quantitative estimate of drug-likeness (QED) is 0.776. The van der Waals surface area contributed by atoms with Crippen molar-refractivity contribution in [2.75, 3.05) is 13.2 Å². The Morgan fingerprint density at radius 1 is 1.26 bits per heavy atom.